The number of alkyl carbamates (subject to hydrolysis) is 1. The first kappa shape index (κ1) is 25.8. The van der Waals surface area contributed by atoms with E-state index in [0.717, 1.165) is 38.2 Å². The Kier molecular flexibility index (Phi) is 9.11. The van der Waals surface area contributed by atoms with Crippen molar-refractivity contribution in [2.75, 3.05) is 31.1 Å². The molecule has 3 rings (SSSR count). The summed E-state index contributed by atoms with van der Waals surface area (Å²) in [6.45, 7) is 10.6. The predicted molar refractivity (Wildman–Crippen MR) is 137 cm³/mol. The van der Waals surface area contributed by atoms with E-state index < -0.39 is 11.7 Å². The molecule has 2 atom stereocenters. The van der Waals surface area contributed by atoms with E-state index in [0.29, 0.717) is 13.0 Å². The van der Waals surface area contributed by atoms with Gasteiger partial charge in [-0.15, -0.1) is 0 Å². The fourth-order valence-electron chi connectivity index (χ4n) is 4.58. The molecule has 0 radical (unpaired) electrons. The lowest BCUT2D eigenvalue weighted by molar-refractivity contribution is -0.119. The molecule has 6 heteroatoms. The minimum Gasteiger partial charge on any atom is -0.444 e. The number of anilines is 1. The van der Waals surface area contributed by atoms with Gasteiger partial charge in [-0.05, 0) is 51.3 Å². The van der Waals surface area contributed by atoms with Gasteiger partial charge in [-0.2, -0.15) is 0 Å². The molecule has 0 aliphatic carbocycles. The quantitative estimate of drug-likeness (QED) is 0.603. The van der Waals surface area contributed by atoms with Gasteiger partial charge in [0.25, 0.3) is 0 Å². The molecule has 0 saturated carbocycles. The van der Waals surface area contributed by atoms with Crippen LogP contribution in [0.25, 0.3) is 0 Å². The summed E-state index contributed by atoms with van der Waals surface area (Å²) in [6.07, 6.45) is 1.86. The number of likely N-dealkylation sites (tertiary alicyclic amines) is 1. The van der Waals surface area contributed by atoms with Gasteiger partial charge in [-0.25, -0.2) is 4.79 Å². The van der Waals surface area contributed by atoms with Crippen LogP contribution in [-0.2, 0) is 16.0 Å². The van der Waals surface area contributed by atoms with Crippen molar-refractivity contribution in [2.45, 2.75) is 58.6 Å². The summed E-state index contributed by atoms with van der Waals surface area (Å²) in [5.41, 5.74) is 1.69. The van der Waals surface area contributed by atoms with Gasteiger partial charge < -0.3 is 19.9 Å². The number of rotatable bonds is 8. The van der Waals surface area contributed by atoms with Gasteiger partial charge in [-0.1, -0.05) is 55.5 Å². The highest BCUT2D eigenvalue weighted by atomic mass is 16.6. The third-order valence-electron chi connectivity index (χ3n) is 6.18. The SMILES string of the molecule is CCC(=O)N(c1ccccc1)C1CCN(CCc2ccccc2)CC1CNC(=O)OC(C)(C)C. The molecule has 0 aromatic heterocycles. The molecule has 184 valence electrons. The third-order valence-corrected chi connectivity index (χ3v) is 6.18. The minimum atomic E-state index is -0.550. The van der Waals surface area contributed by atoms with Crippen molar-refractivity contribution in [2.24, 2.45) is 5.92 Å². The van der Waals surface area contributed by atoms with Crippen LogP contribution < -0.4 is 10.2 Å². The summed E-state index contributed by atoms with van der Waals surface area (Å²) in [5.74, 6) is 0.198. The van der Waals surface area contributed by atoms with Gasteiger partial charge in [0, 0.05) is 50.2 Å². The Labute approximate surface area is 204 Å². The molecule has 1 aliphatic rings. The van der Waals surface area contributed by atoms with Gasteiger partial charge in [0.05, 0.1) is 0 Å². The van der Waals surface area contributed by atoms with Gasteiger partial charge in [-0.3, -0.25) is 4.79 Å². The predicted octanol–water partition coefficient (Wildman–Crippen LogP) is 4.89. The van der Waals surface area contributed by atoms with Crippen LogP contribution in [0.2, 0.25) is 0 Å². The Morgan fingerprint density at radius 1 is 1.06 bits per heavy atom. The average Bonchev–Trinajstić information content (AvgIpc) is 2.82. The Hall–Kier alpha value is -2.86. The molecule has 1 fully saturated rings. The Morgan fingerprint density at radius 3 is 2.32 bits per heavy atom. The zero-order valence-corrected chi connectivity index (χ0v) is 21.0. The molecule has 2 unspecified atom stereocenters. The highest BCUT2D eigenvalue weighted by Crippen LogP contribution is 2.28. The van der Waals surface area contributed by atoms with E-state index in [1.54, 1.807) is 0 Å². The normalized spacial score (nSPS) is 18.8. The number of para-hydroxylation sites is 1. The van der Waals surface area contributed by atoms with Crippen molar-refractivity contribution in [1.82, 2.24) is 10.2 Å². The van der Waals surface area contributed by atoms with E-state index in [4.69, 9.17) is 4.74 Å². The number of hydrogen-bond acceptors (Lipinski definition) is 4. The van der Waals surface area contributed by atoms with E-state index in [1.165, 1.54) is 5.56 Å². The molecule has 2 amide bonds. The lowest BCUT2D eigenvalue weighted by atomic mass is 9.89. The number of piperidine rings is 1. The molecule has 6 nitrogen and oxygen atoms in total. The first-order valence-corrected chi connectivity index (χ1v) is 12.4. The Morgan fingerprint density at radius 2 is 1.71 bits per heavy atom. The molecule has 2 aromatic rings. The number of ether oxygens (including phenoxy) is 1. The second-order valence-corrected chi connectivity index (χ2v) is 9.99. The summed E-state index contributed by atoms with van der Waals surface area (Å²) in [4.78, 5) is 29.9. The maximum atomic E-state index is 13.1. The number of carbonyl (C=O) groups is 2. The number of nitrogens with one attached hydrogen (secondary N) is 1. The topological polar surface area (TPSA) is 61.9 Å². The highest BCUT2D eigenvalue weighted by molar-refractivity contribution is 5.93. The summed E-state index contributed by atoms with van der Waals surface area (Å²) >= 11 is 0. The summed E-state index contributed by atoms with van der Waals surface area (Å²) in [6, 6.07) is 20.4. The zero-order valence-electron chi connectivity index (χ0n) is 21.0. The monoisotopic (exact) mass is 465 g/mol. The summed E-state index contributed by atoms with van der Waals surface area (Å²) < 4.78 is 5.47. The van der Waals surface area contributed by atoms with Gasteiger partial charge >= 0.3 is 6.09 Å². The molecule has 2 aromatic carbocycles. The number of hydrogen-bond donors (Lipinski definition) is 1. The average molecular weight is 466 g/mol. The molecule has 1 saturated heterocycles. The molecule has 1 N–H and O–H groups in total. The van der Waals surface area contributed by atoms with Gasteiger partial charge in [0.1, 0.15) is 5.60 Å². The summed E-state index contributed by atoms with van der Waals surface area (Å²) in [7, 11) is 0. The molecule has 0 bridgehead atoms. The Bertz CT molecular complexity index is 911. The first-order valence-electron chi connectivity index (χ1n) is 12.4. The van der Waals surface area contributed by atoms with Crippen molar-refractivity contribution >= 4 is 17.7 Å². The molecule has 1 aliphatic heterocycles. The number of benzene rings is 2. The zero-order chi connectivity index (χ0) is 24.6. The standard InChI is InChI=1S/C28H39N3O3/c1-5-26(32)31(24-14-10-7-11-15-24)25-17-19-30(18-16-22-12-8-6-9-13-22)21-23(25)20-29-27(33)34-28(2,3)4/h6-15,23,25H,5,16-21H2,1-4H3,(H,29,33). The molecule has 34 heavy (non-hydrogen) atoms. The number of carbonyl (C=O) groups excluding carboxylic acids is 2. The maximum absolute atomic E-state index is 13.1. The number of nitrogens with zero attached hydrogens (tertiary/aromatic N) is 2. The fraction of sp³-hybridized carbons (Fsp3) is 0.500. The van der Waals surface area contributed by atoms with E-state index in [9.17, 15) is 9.59 Å². The van der Waals surface area contributed by atoms with E-state index >= 15 is 0 Å². The number of amides is 2. The smallest absolute Gasteiger partial charge is 0.407 e. The van der Waals surface area contributed by atoms with Crippen LogP contribution in [0.1, 0.15) is 46.1 Å². The van der Waals surface area contributed by atoms with E-state index in [2.05, 4.69) is 34.5 Å². The van der Waals surface area contributed by atoms with Crippen LogP contribution in [0, 0.1) is 5.92 Å². The van der Waals surface area contributed by atoms with Gasteiger partial charge in [0.2, 0.25) is 5.91 Å². The van der Waals surface area contributed by atoms with Gasteiger partial charge in [0.15, 0.2) is 0 Å². The minimum absolute atomic E-state index is 0.0118. The van der Waals surface area contributed by atoms with Crippen LogP contribution >= 0.6 is 0 Å². The summed E-state index contributed by atoms with van der Waals surface area (Å²) in [5, 5.41) is 2.97. The second-order valence-electron chi connectivity index (χ2n) is 9.99. The maximum Gasteiger partial charge on any atom is 0.407 e. The van der Waals surface area contributed by atoms with Crippen molar-refractivity contribution in [3.8, 4) is 0 Å². The van der Waals surface area contributed by atoms with Crippen LogP contribution in [-0.4, -0.2) is 54.7 Å². The Balaban J connectivity index is 1.75. The van der Waals surface area contributed by atoms with E-state index in [-0.39, 0.29) is 17.9 Å². The lowest BCUT2D eigenvalue weighted by Gasteiger charge is -2.44. The third kappa shape index (κ3) is 7.59. The molecular weight excluding hydrogens is 426 g/mol. The molecule has 1 heterocycles. The first-order chi connectivity index (χ1) is 16.3. The molecular formula is C28H39N3O3. The van der Waals surface area contributed by atoms with Crippen molar-refractivity contribution in [3.05, 3.63) is 66.2 Å². The van der Waals surface area contributed by atoms with Crippen LogP contribution in [0.4, 0.5) is 10.5 Å². The van der Waals surface area contributed by atoms with Crippen LogP contribution in [0.15, 0.2) is 60.7 Å². The largest absolute Gasteiger partial charge is 0.444 e. The molecule has 0 spiro atoms. The lowest BCUT2D eigenvalue weighted by Crippen LogP contribution is -2.56. The van der Waals surface area contributed by atoms with E-state index in [1.807, 2.05) is 69.0 Å². The van der Waals surface area contributed by atoms with Crippen LogP contribution in [0.5, 0.6) is 0 Å². The fourth-order valence-corrected chi connectivity index (χ4v) is 4.58. The highest BCUT2D eigenvalue weighted by Gasteiger charge is 2.36. The van der Waals surface area contributed by atoms with Crippen LogP contribution in [0.3, 0.4) is 0 Å². The van der Waals surface area contributed by atoms with Crippen molar-refractivity contribution in [1.29, 1.82) is 0 Å². The van der Waals surface area contributed by atoms with Crippen molar-refractivity contribution < 1.29 is 14.3 Å². The van der Waals surface area contributed by atoms with Crippen molar-refractivity contribution in [3.63, 3.8) is 0 Å². The second kappa shape index (κ2) is 12.0.